The van der Waals surface area contributed by atoms with Crippen LogP contribution in [0.15, 0.2) is 67.0 Å². The fraction of sp³-hybridized carbons (Fsp3) is 0.0952. The van der Waals surface area contributed by atoms with Gasteiger partial charge in [-0.15, -0.1) is 13.2 Å². The highest BCUT2D eigenvalue weighted by atomic mass is 19.4. The van der Waals surface area contributed by atoms with Crippen molar-refractivity contribution in [2.45, 2.75) is 13.3 Å². The lowest BCUT2D eigenvalue weighted by atomic mass is 10.1. The van der Waals surface area contributed by atoms with E-state index in [4.69, 9.17) is 0 Å². The van der Waals surface area contributed by atoms with Gasteiger partial charge in [0.1, 0.15) is 5.75 Å². The number of carbonyl (C=O) groups excluding carboxylic acids is 1. The van der Waals surface area contributed by atoms with E-state index in [1.165, 1.54) is 12.1 Å². The highest BCUT2D eigenvalue weighted by Crippen LogP contribution is 2.27. The zero-order valence-electron chi connectivity index (χ0n) is 15.6. The van der Waals surface area contributed by atoms with Gasteiger partial charge in [-0.05, 0) is 43.3 Å². The first-order chi connectivity index (χ1) is 14.3. The van der Waals surface area contributed by atoms with Crippen LogP contribution in [0.1, 0.15) is 16.1 Å². The maximum absolute atomic E-state index is 12.5. The van der Waals surface area contributed by atoms with Gasteiger partial charge in [-0.1, -0.05) is 18.2 Å². The number of aromatic nitrogens is 3. The summed E-state index contributed by atoms with van der Waals surface area (Å²) >= 11 is 0. The molecule has 0 spiro atoms. The third-order valence-electron chi connectivity index (χ3n) is 4.37. The predicted octanol–water partition coefficient (Wildman–Crippen LogP) is 4.86. The summed E-state index contributed by atoms with van der Waals surface area (Å²) < 4.78 is 42.9. The van der Waals surface area contributed by atoms with Crippen LogP contribution in [-0.4, -0.2) is 26.6 Å². The molecule has 1 N–H and O–H groups in total. The first kappa shape index (κ1) is 19.4. The largest absolute Gasteiger partial charge is 0.573 e. The Morgan fingerprint density at radius 3 is 2.67 bits per heavy atom. The van der Waals surface area contributed by atoms with Crippen molar-refractivity contribution in [1.29, 1.82) is 0 Å². The minimum atomic E-state index is -4.83. The van der Waals surface area contributed by atoms with Crippen LogP contribution >= 0.6 is 0 Å². The van der Waals surface area contributed by atoms with E-state index in [0.29, 0.717) is 17.2 Å². The lowest BCUT2D eigenvalue weighted by Crippen LogP contribution is -2.18. The number of halogens is 3. The van der Waals surface area contributed by atoms with Gasteiger partial charge in [0.15, 0.2) is 0 Å². The van der Waals surface area contributed by atoms with Gasteiger partial charge in [-0.25, -0.2) is 9.97 Å². The van der Waals surface area contributed by atoms with Crippen LogP contribution in [0.3, 0.4) is 0 Å². The van der Waals surface area contributed by atoms with E-state index in [9.17, 15) is 18.0 Å². The molecule has 0 bridgehead atoms. The average Bonchev–Trinajstić information content (AvgIpc) is 3.04. The molecular weight excluding hydrogens is 397 g/mol. The molecule has 6 nitrogen and oxygen atoms in total. The summed E-state index contributed by atoms with van der Waals surface area (Å²) in [4.78, 5) is 21.3. The number of anilines is 1. The number of alkyl halides is 3. The molecule has 0 aliphatic rings. The van der Waals surface area contributed by atoms with Crippen LogP contribution in [0.25, 0.3) is 17.0 Å². The molecule has 0 saturated carbocycles. The fourth-order valence-electron chi connectivity index (χ4n) is 3.06. The molecule has 30 heavy (non-hydrogen) atoms. The number of amides is 1. The van der Waals surface area contributed by atoms with Gasteiger partial charge < -0.3 is 10.1 Å². The summed E-state index contributed by atoms with van der Waals surface area (Å²) in [6.07, 6.45) is -1.32. The summed E-state index contributed by atoms with van der Waals surface area (Å²) in [5.41, 5.74) is 2.88. The molecule has 2 aromatic heterocycles. The number of aryl methyl sites for hydroxylation is 1. The van der Waals surface area contributed by atoms with E-state index in [1.807, 2.05) is 23.6 Å². The Morgan fingerprint density at radius 1 is 1.10 bits per heavy atom. The van der Waals surface area contributed by atoms with Crippen molar-refractivity contribution in [2.75, 3.05) is 5.32 Å². The predicted molar refractivity (Wildman–Crippen MR) is 104 cm³/mol. The fourth-order valence-corrected chi connectivity index (χ4v) is 3.06. The Kier molecular flexibility index (Phi) is 4.86. The molecule has 0 saturated heterocycles. The van der Waals surface area contributed by atoms with Crippen LogP contribution in [0.2, 0.25) is 0 Å². The second kappa shape index (κ2) is 7.51. The van der Waals surface area contributed by atoms with Crippen LogP contribution < -0.4 is 10.1 Å². The van der Waals surface area contributed by atoms with E-state index in [1.54, 1.807) is 30.5 Å². The van der Waals surface area contributed by atoms with Gasteiger partial charge in [-0.2, -0.15) is 0 Å². The first-order valence-electron chi connectivity index (χ1n) is 8.87. The molecule has 0 radical (unpaired) electrons. The van der Waals surface area contributed by atoms with Gasteiger partial charge in [0, 0.05) is 34.9 Å². The Balaban J connectivity index is 1.58. The highest BCUT2D eigenvalue weighted by molar-refractivity contribution is 6.04. The molecule has 0 atom stereocenters. The minimum absolute atomic E-state index is 0.0373. The number of nitrogens with one attached hydrogen (secondary N) is 1. The quantitative estimate of drug-likeness (QED) is 0.520. The minimum Gasteiger partial charge on any atom is -0.406 e. The molecule has 2 heterocycles. The molecule has 4 aromatic rings. The van der Waals surface area contributed by atoms with E-state index < -0.39 is 18.0 Å². The number of fused-ring (bicyclic) bond motifs is 1. The first-order valence-corrected chi connectivity index (χ1v) is 8.87. The number of ether oxygens (including phenoxy) is 1. The monoisotopic (exact) mass is 412 g/mol. The molecule has 4 rings (SSSR count). The Hall–Kier alpha value is -3.88. The number of carbonyl (C=O) groups is 1. The van der Waals surface area contributed by atoms with Crippen LogP contribution in [-0.2, 0) is 0 Å². The second-order valence-electron chi connectivity index (χ2n) is 6.45. The Bertz CT molecular complexity index is 1230. The second-order valence-corrected chi connectivity index (χ2v) is 6.45. The summed E-state index contributed by atoms with van der Waals surface area (Å²) in [5.74, 6) is -0.467. The van der Waals surface area contributed by atoms with Gasteiger partial charge in [0.25, 0.3) is 5.91 Å². The number of benzene rings is 2. The lowest BCUT2D eigenvalue weighted by molar-refractivity contribution is -0.274. The van der Waals surface area contributed by atoms with E-state index in [-0.39, 0.29) is 5.56 Å². The van der Waals surface area contributed by atoms with E-state index in [0.717, 1.165) is 23.4 Å². The SMILES string of the molecule is Cc1c(-c2cccc(NC(=O)c3cccc(OC(F)(F)F)c3)c2)nc2ncccn12. The van der Waals surface area contributed by atoms with E-state index >= 15 is 0 Å². The van der Waals surface area contributed by atoms with Crippen molar-refractivity contribution in [3.8, 4) is 17.0 Å². The molecule has 152 valence electrons. The topological polar surface area (TPSA) is 68.5 Å². The van der Waals surface area contributed by atoms with Gasteiger partial charge in [0.2, 0.25) is 5.78 Å². The Labute approximate surface area is 169 Å². The molecule has 2 aromatic carbocycles. The number of rotatable bonds is 4. The third kappa shape index (κ3) is 4.09. The van der Waals surface area contributed by atoms with Crippen LogP contribution in [0, 0.1) is 6.92 Å². The van der Waals surface area contributed by atoms with Crippen LogP contribution in [0.5, 0.6) is 5.75 Å². The molecule has 0 fully saturated rings. The molecule has 1 amide bonds. The molecule has 9 heteroatoms. The number of hydrogen-bond acceptors (Lipinski definition) is 4. The molecule has 0 aliphatic heterocycles. The summed E-state index contributed by atoms with van der Waals surface area (Å²) in [5, 5.41) is 2.69. The molecule has 0 aliphatic carbocycles. The number of imidazole rings is 1. The number of nitrogens with zero attached hydrogens (tertiary/aromatic N) is 3. The smallest absolute Gasteiger partial charge is 0.406 e. The lowest BCUT2D eigenvalue weighted by Gasteiger charge is -2.11. The van der Waals surface area contributed by atoms with Gasteiger partial charge in [-0.3, -0.25) is 9.20 Å². The molecule has 0 unspecified atom stereocenters. The summed E-state index contributed by atoms with van der Waals surface area (Å²) in [6, 6.07) is 13.7. The maximum atomic E-state index is 12.5. The van der Waals surface area contributed by atoms with Crippen molar-refractivity contribution in [3.05, 3.63) is 78.2 Å². The maximum Gasteiger partial charge on any atom is 0.573 e. The zero-order chi connectivity index (χ0) is 21.3. The van der Waals surface area contributed by atoms with Crippen molar-refractivity contribution in [2.24, 2.45) is 0 Å². The van der Waals surface area contributed by atoms with Crippen molar-refractivity contribution in [3.63, 3.8) is 0 Å². The highest BCUT2D eigenvalue weighted by Gasteiger charge is 2.31. The number of hydrogen-bond donors (Lipinski definition) is 1. The van der Waals surface area contributed by atoms with Crippen LogP contribution in [0.4, 0.5) is 18.9 Å². The van der Waals surface area contributed by atoms with Crippen molar-refractivity contribution in [1.82, 2.24) is 14.4 Å². The standard InChI is InChI=1S/C21H15F3N4O2/c1-13-18(27-20-25-9-4-10-28(13)20)14-5-2-7-16(11-14)26-19(29)15-6-3-8-17(12-15)30-21(22,23)24/h2-12H,1H3,(H,26,29). The normalized spacial score (nSPS) is 11.5. The zero-order valence-corrected chi connectivity index (χ0v) is 15.6. The van der Waals surface area contributed by atoms with E-state index in [2.05, 4.69) is 20.0 Å². The molecular formula is C21H15F3N4O2. The van der Waals surface area contributed by atoms with Crippen molar-refractivity contribution < 1.29 is 22.7 Å². The van der Waals surface area contributed by atoms with Gasteiger partial charge in [0.05, 0.1) is 5.69 Å². The average molecular weight is 412 g/mol. The van der Waals surface area contributed by atoms with Crippen molar-refractivity contribution >= 4 is 17.4 Å². The Morgan fingerprint density at radius 2 is 1.90 bits per heavy atom. The third-order valence-corrected chi connectivity index (χ3v) is 4.37. The summed E-state index contributed by atoms with van der Waals surface area (Å²) in [7, 11) is 0. The summed E-state index contributed by atoms with van der Waals surface area (Å²) in [6.45, 7) is 1.91. The van der Waals surface area contributed by atoms with Gasteiger partial charge >= 0.3 is 6.36 Å².